The highest BCUT2D eigenvalue weighted by Crippen LogP contribution is 2.12. The normalized spacial score (nSPS) is 9.55. The van der Waals surface area contributed by atoms with Gasteiger partial charge in [0.05, 0.1) is 25.0 Å². The topological polar surface area (TPSA) is 67.9 Å². The molecule has 0 bridgehead atoms. The Hall–Kier alpha value is -1.98. The lowest BCUT2D eigenvalue weighted by atomic mass is 10.1. The maximum Gasteiger partial charge on any atom is 0.253 e. The predicted octanol–water partition coefficient (Wildman–Crippen LogP) is 2.82. The Kier molecular flexibility index (Phi) is 7.24. The van der Waals surface area contributed by atoms with Gasteiger partial charge in [0.1, 0.15) is 0 Å². The van der Waals surface area contributed by atoms with Crippen LogP contribution in [0.2, 0.25) is 0 Å². The van der Waals surface area contributed by atoms with E-state index in [2.05, 4.69) is 0 Å². The zero-order valence-electron chi connectivity index (χ0n) is 11.5. The molecule has 1 amide bonds. The zero-order chi connectivity index (χ0) is 14.8. The number of rotatable bonds is 7. The van der Waals surface area contributed by atoms with Crippen molar-refractivity contribution < 1.29 is 4.79 Å². The number of benzene rings is 1. The Morgan fingerprint density at radius 1 is 1.15 bits per heavy atom. The van der Waals surface area contributed by atoms with Crippen LogP contribution in [0.4, 0.5) is 0 Å². The average molecular weight is 287 g/mol. The molecular weight excluding hydrogens is 270 g/mol. The van der Waals surface area contributed by atoms with Crippen LogP contribution in [-0.4, -0.2) is 30.2 Å². The van der Waals surface area contributed by atoms with Crippen molar-refractivity contribution in [3.05, 3.63) is 35.4 Å². The number of carbonyl (C=O) groups excluding carboxylic acids is 1. The summed E-state index contributed by atoms with van der Waals surface area (Å²) < 4.78 is 0. The van der Waals surface area contributed by atoms with Crippen molar-refractivity contribution >= 4 is 17.7 Å². The molecule has 5 heteroatoms. The Bertz CT molecular complexity index is 495. The Labute approximate surface area is 124 Å². The van der Waals surface area contributed by atoms with Crippen molar-refractivity contribution in [2.45, 2.75) is 18.6 Å². The van der Waals surface area contributed by atoms with Crippen molar-refractivity contribution in [1.82, 2.24) is 4.90 Å². The molecule has 0 heterocycles. The predicted molar refractivity (Wildman–Crippen MR) is 80.0 cm³/mol. The van der Waals surface area contributed by atoms with Gasteiger partial charge in [-0.15, -0.1) is 0 Å². The Morgan fingerprint density at radius 2 is 1.70 bits per heavy atom. The van der Waals surface area contributed by atoms with Gasteiger partial charge in [-0.3, -0.25) is 4.79 Å². The molecule has 0 saturated carbocycles. The van der Waals surface area contributed by atoms with Crippen LogP contribution in [0.15, 0.2) is 24.3 Å². The van der Waals surface area contributed by atoms with Crippen LogP contribution in [0.5, 0.6) is 0 Å². The molecule has 0 aromatic heterocycles. The average Bonchev–Trinajstić information content (AvgIpc) is 2.48. The van der Waals surface area contributed by atoms with Gasteiger partial charge in [-0.2, -0.15) is 22.3 Å². The van der Waals surface area contributed by atoms with Crippen molar-refractivity contribution in [3.8, 4) is 12.1 Å². The van der Waals surface area contributed by atoms with Crippen molar-refractivity contribution in [3.63, 3.8) is 0 Å². The minimum absolute atomic E-state index is 0.119. The van der Waals surface area contributed by atoms with E-state index in [1.807, 2.05) is 30.5 Å². The Balaban J connectivity index is 2.77. The summed E-state index contributed by atoms with van der Waals surface area (Å²) in [5.41, 5.74) is 1.78. The lowest BCUT2D eigenvalue weighted by Gasteiger charge is -2.20. The van der Waals surface area contributed by atoms with Gasteiger partial charge >= 0.3 is 0 Å². The second-order valence-electron chi connectivity index (χ2n) is 4.24. The number of nitrogens with zero attached hydrogens (tertiary/aromatic N) is 3. The standard InChI is InChI=1S/C15H17N3OS/c1-20-12-13-4-6-14(7-5-13)15(19)18(10-2-8-16)11-3-9-17/h4-7H,2-3,10-12H2,1H3. The van der Waals surface area contributed by atoms with E-state index >= 15 is 0 Å². The lowest BCUT2D eigenvalue weighted by molar-refractivity contribution is 0.0762. The van der Waals surface area contributed by atoms with Crippen LogP contribution >= 0.6 is 11.8 Å². The first-order valence-corrected chi connectivity index (χ1v) is 7.73. The molecule has 104 valence electrons. The highest BCUT2D eigenvalue weighted by atomic mass is 32.2. The summed E-state index contributed by atoms with van der Waals surface area (Å²) in [6, 6.07) is 11.5. The molecule has 0 aliphatic rings. The highest BCUT2D eigenvalue weighted by molar-refractivity contribution is 7.97. The van der Waals surface area contributed by atoms with Gasteiger partial charge in [-0.25, -0.2) is 0 Å². The van der Waals surface area contributed by atoms with Crippen LogP contribution in [0.1, 0.15) is 28.8 Å². The summed E-state index contributed by atoms with van der Waals surface area (Å²) >= 11 is 1.73. The number of carbonyl (C=O) groups is 1. The quantitative estimate of drug-likeness (QED) is 0.773. The number of thioether (sulfide) groups is 1. The molecule has 0 unspecified atom stereocenters. The van der Waals surface area contributed by atoms with Crippen LogP contribution in [0, 0.1) is 22.7 Å². The summed E-state index contributed by atoms with van der Waals surface area (Å²) in [5, 5.41) is 17.3. The summed E-state index contributed by atoms with van der Waals surface area (Å²) in [6.45, 7) is 0.729. The molecule has 0 saturated heterocycles. The molecule has 20 heavy (non-hydrogen) atoms. The number of hydrogen-bond donors (Lipinski definition) is 0. The van der Waals surface area contributed by atoms with E-state index in [1.165, 1.54) is 5.56 Å². The number of hydrogen-bond acceptors (Lipinski definition) is 4. The van der Waals surface area contributed by atoms with Crippen molar-refractivity contribution in [1.29, 1.82) is 10.5 Å². The maximum absolute atomic E-state index is 12.3. The third-order valence-corrected chi connectivity index (χ3v) is 3.41. The van der Waals surface area contributed by atoms with E-state index in [9.17, 15) is 4.79 Å². The summed E-state index contributed by atoms with van der Waals surface area (Å²) in [4.78, 5) is 13.9. The molecule has 4 nitrogen and oxygen atoms in total. The van der Waals surface area contributed by atoms with E-state index < -0.39 is 0 Å². The zero-order valence-corrected chi connectivity index (χ0v) is 12.3. The maximum atomic E-state index is 12.3. The third kappa shape index (κ3) is 4.95. The van der Waals surface area contributed by atoms with Crippen LogP contribution < -0.4 is 0 Å². The van der Waals surface area contributed by atoms with Gasteiger partial charge < -0.3 is 4.90 Å². The fraction of sp³-hybridized carbons (Fsp3) is 0.400. The largest absolute Gasteiger partial charge is 0.337 e. The third-order valence-electron chi connectivity index (χ3n) is 2.79. The first kappa shape index (κ1) is 16.1. The van der Waals surface area contributed by atoms with Gasteiger partial charge in [0.15, 0.2) is 0 Å². The summed E-state index contributed by atoms with van der Waals surface area (Å²) in [7, 11) is 0. The molecule has 0 aliphatic carbocycles. The number of nitriles is 2. The smallest absolute Gasteiger partial charge is 0.253 e. The monoisotopic (exact) mass is 287 g/mol. The van der Waals surface area contributed by atoms with Gasteiger partial charge in [0, 0.05) is 24.4 Å². The molecule has 0 fully saturated rings. The minimum atomic E-state index is -0.119. The SMILES string of the molecule is CSCc1ccc(C(=O)N(CCC#N)CCC#N)cc1. The van der Waals surface area contributed by atoms with E-state index in [4.69, 9.17) is 10.5 Å². The molecule has 1 aromatic rings. The van der Waals surface area contributed by atoms with E-state index in [0.29, 0.717) is 18.7 Å². The molecule has 0 N–H and O–H groups in total. The minimum Gasteiger partial charge on any atom is -0.337 e. The molecule has 0 spiro atoms. The van der Waals surface area contributed by atoms with Crippen LogP contribution in [-0.2, 0) is 5.75 Å². The van der Waals surface area contributed by atoms with E-state index in [1.54, 1.807) is 28.8 Å². The van der Waals surface area contributed by atoms with Gasteiger partial charge in [0.2, 0.25) is 0 Å². The van der Waals surface area contributed by atoms with Crippen molar-refractivity contribution in [2.75, 3.05) is 19.3 Å². The molecule has 0 atom stereocenters. The highest BCUT2D eigenvalue weighted by Gasteiger charge is 2.14. The lowest BCUT2D eigenvalue weighted by Crippen LogP contribution is -2.32. The fourth-order valence-electron chi connectivity index (χ4n) is 1.78. The molecule has 0 radical (unpaired) electrons. The molecular formula is C15H17N3OS. The van der Waals surface area contributed by atoms with Gasteiger partial charge in [-0.05, 0) is 24.0 Å². The van der Waals surface area contributed by atoms with Crippen LogP contribution in [0.25, 0.3) is 0 Å². The summed E-state index contributed by atoms with van der Waals surface area (Å²) in [5.74, 6) is 0.798. The fourth-order valence-corrected chi connectivity index (χ4v) is 2.30. The number of amides is 1. The van der Waals surface area contributed by atoms with Crippen molar-refractivity contribution in [2.24, 2.45) is 0 Å². The molecule has 1 rings (SSSR count). The van der Waals surface area contributed by atoms with Gasteiger partial charge in [0.25, 0.3) is 5.91 Å². The first-order valence-electron chi connectivity index (χ1n) is 6.34. The first-order chi connectivity index (χ1) is 9.72. The second-order valence-corrected chi connectivity index (χ2v) is 5.10. The molecule has 0 aliphatic heterocycles. The van der Waals surface area contributed by atoms with Gasteiger partial charge in [-0.1, -0.05) is 12.1 Å². The van der Waals surface area contributed by atoms with E-state index in [0.717, 1.165) is 5.75 Å². The summed E-state index contributed by atoms with van der Waals surface area (Å²) in [6.07, 6.45) is 2.59. The Morgan fingerprint density at radius 3 is 2.15 bits per heavy atom. The van der Waals surface area contributed by atoms with Crippen LogP contribution in [0.3, 0.4) is 0 Å². The van der Waals surface area contributed by atoms with E-state index in [-0.39, 0.29) is 18.7 Å². The second kappa shape index (κ2) is 9.01. The molecule has 1 aromatic carbocycles.